The normalized spacial score (nSPS) is 13.9. The number of benzene rings is 3. The molecule has 1 N–H and O–H groups in total. The zero-order chi connectivity index (χ0) is 22.9. The van der Waals surface area contributed by atoms with Crippen molar-refractivity contribution in [2.75, 3.05) is 7.11 Å². The predicted molar refractivity (Wildman–Crippen MR) is 124 cm³/mol. The minimum Gasteiger partial charge on any atom is -0.497 e. The van der Waals surface area contributed by atoms with Gasteiger partial charge >= 0.3 is 0 Å². The molecule has 3 unspecified atom stereocenters. The molecular formula is C27H31FO4. The fourth-order valence-electron chi connectivity index (χ4n) is 3.42. The van der Waals surface area contributed by atoms with Crippen LogP contribution in [0.1, 0.15) is 30.0 Å². The monoisotopic (exact) mass is 438 g/mol. The molecule has 0 radical (unpaired) electrons. The van der Waals surface area contributed by atoms with Crippen LogP contribution in [0.15, 0.2) is 72.8 Å². The van der Waals surface area contributed by atoms with Crippen molar-refractivity contribution in [3.8, 4) is 11.5 Å². The summed E-state index contributed by atoms with van der Waals surface area (Å²) in [4.78, 5) is 0. The van der Waals surface area contributed by atoms with Crippen LogP contribution in [0.3, 0.4) is 0 Å². The van der Waals surface area contributed by atoms with E-state index in [9.17, 15) is 9.50 Å². The SMILES string of the molecule is COc1ccc(COC(C)CC(Oc2ccc(C)cc2)C(O)Cc2ccc(F)cc2)cc1. The molecule has 3 aromatic rings. The molecule has 3 aromatic carbocycles. The Labute approximate surface area is 189 Å². The van der Waals surface area contributed by atoms with E-state index in [1.807, 2.05) is 62.4 Å². The highest BCUT2D eigenvalue weighted by molar-refractivity contribution is 5.27. The third kappa shape index (κ3) is 7.36. The van der Waals surface area contributed by atoms with Crippen molar-refractivity contribution in [1.82, 2.24) is 0 Å². The van der Waals surface area contributed by atoms with Gasteiger partial charge in [-0.25, -0.2) is 4.39 Å². The summed E-state index contributed by atoms with van der Waals surface area (Å²) < 4.78 is 30.6. The molecule has 0 aliphatic heterocycles. The summed E-state index contributed by atoms with van der Waals surface area (Å²) in [6.07, 6.45) is -0.521. The van der Waals surface area contributed by atoms with Crippen LogP contribution < -0.4 is 9.47 Å². The Bertz CT molecular complexity index is 939. The summed E-state index contributed by atoms with van der Waals surface area (Å²) in [6, 6.07) is 21.7. The molecule has 32 heavy (non-hydrogen) atoms. The fourth-order valence-corrected chi connectivity index (χ4v) is 3.42. The van der Waals surface area contributed by atoms with Gasteiger partial charge in [0, 0.05) is 12.8 Å². The van der Waals surface area contributed by atoms with Crippen molar-refractivity contribution in [1.29, 1.82) is 0 Å². The summed E-state index contributed by atoms with van der Waals surface area (Å²) >= 11 is 0. The second-order valence-electron chi connectivity index (χ2n) is 8.07. The lowest BCUT2D eigenvalue weighted by molar-refractivity contribution is -0.0218. The molecule has 5 heteroatoms. The van der Waals surface area contributed by atoms with Gasteiger partial charge in [0.1, 0.15) is 23.4 Å². The Kier molecular flexibility index (Phi) is 8.65. The number of ether oxygens (including phenoxy) is 3. The van der Waals surface area contributed by atoms with E-state index < -0.39 is 12.2 Å². The van der Waals surface area contributed by atoms with Crippen LogP contribution in [0.4, 0.5) is 4.39 Å². The Hall–Kier alpha value is -2.89. The quantitative estimate of drug-likeness (QED) is 0.430. The molecule has 3 rings (SSSR count). The van der Waals surface area contributed by atoms with Gasteiger partial charge in [-0.1, -0.05) is 42.0 Å². The van der Waals surface area contributed by atoms with Crippen molar-refractivity contribution in [2.24, 2.45) is 0 Å². The molecule has 0 bridgehead atoms. The maximum Gasteiger partial charge on any atom is 0.127 e. The van der Waals surface area contributed by atoms with Gasteiger partial charge in [-0.15, -0.1) is 0 Å². The second kappa shape index (κ2) is 11.7. The summed E-state index contributed by atoms with van der Waals surface area (Å²) in [7, 11) is 1.64. The number of halogens is 1. The molecule has 0 saturated heterocycles. The van der Waals surface area contributed by atoms with Gasteiger partial charge in [-0.3, -0.25) is 0 Å². The highest BCUT2D eigenvalue weighted by atomic mass is 19.1. The predicted octanol–water partition coefficient (Wildman–Crippen LogP) is 5.49. The molecule has 0 heterocycles. The van der Waals surface area contributed by atoms with Crippen LogP contribution in [0.2, 0.25) is 0 Å². The summed E-state index contributed by atoms with van der Waals surface area (Å²) in [5.41, 5.74) is 3.03. The third-order valence-corrected chi connectivity index (χ3v) is 5.35. The van der Waals surface area contributed by atoms with Crippen LogP contribution in [0, 0.1) is 12.7 Å². The Morgan fingerprint density at radius 3 is 2.06 bits per heavy atom. The number of rotatable bonds is 11. The summed E-state index contributed by atoms with van der Waals surface area (Å²) in [6.45, 7) is 4.44. The second-order valence-corrected chi connectivity index (χ2v) is 8.07. The van der Waals surface area contributed by atoms with Crippen molar-refractivity contribution < 1.29 is 23.7 Å². The topological polar surface area (TPSA) is 47.9 Å². The summed E-state index contributed by atoms with van der Waals surface area (Å²) in [5, 5.41) is 11.0. The van der Waals surface area contributed by atoms with E-state index >= 15 is 0 Å². The smallest absolute Gasteiger partial charge is 0.127 e. The Morgan fingerprint density at radius 2 is 1.44 bits per heavy atom. The Morgan fingerprint density at radius 1 is 0.844 bits per heavy atom. The first-order chi connectivity index (χ1) is 15.4. The molecule has 0 fully saturated rings. The lowest BCUT2D eigenvalue weighted by Gasteiger charge is -2.27. The Balaban J connectivity index is 1.64. The molecule has 0 aliphatic carbocycles. The lowest BCUT2D eigenvalue weighted by atomic mass is 9.99. The minimum absolute atomic E-state index is 0.143. The van der Waals surface area contributed by atoms with E-state index in [0.717, 1.165) is 22.4 Å². The van der Waals surface area contributed by atoms with E-state index in [0.29, 0.717) is 25.2 Å². The van der Waals surface area contributed by atoms with E-state index in [1.165, 1.54) is 12.1 Å². The molecule has 0 aromatic heterocycles. The van der Waals surface area contributed by atoms with Gasteiger partial charge in [-0.05, 0) is 61.4 Å². The maximum absolute atomic E-state index is 13.2. The van der Waals surface area contributed by atoms with E-state index in [1.54, 1.807) is 19.2 Å². The lowest BCUT2D eigenvalue weighted by Crippen LogP contribution is -2.36. The molecule has 4 nitrogen and oxygen atoms in total. The number of hydrogen-bond acceptors (Lipinski definition) is 4. The molecule has 3 atom stereocenters. The number of methoxy groups -OCH3 is 1. The first kappa shape index (κ1) is 23.8. The average Bonchev–Trinajstić information content (AvgIpc) is 2.80. The maximum atomic E-state index is 13.2. The van der Waals surface area contributed by atoms with Gasteiger partial charge in [0.2, 0.25) is 0 Å². The zero-order valence-electron chi connectivity index (χ0n) is 18.8. The standard InChI is InChI=1S/C27H31FO4/c1-19-4-12-25(13-5-19)32-27(26(29)17-21-6-10-23(28)11-7-21)16-20(2)31-18-22-8-14-24(30-3)15-9-22/h4-15,20,26-27,29H,16-18H2,1-3H3. The fraction of sp³-hybridized carbons (Fsp3) is 0.333. The van der Waals surface area contributed by atoms with E-state index in [2.05, 4.69) is 0 Å². The number of aliphatic hydroxyl groups excluding tert-OH is 1. The van der Waals surface area contributed by atoms with Crippen LogP contribution in [-0.2, 0) is 17.8 Å². The molecule has 0 saturated carbocycles. The van der Waals surface area contributed by atoms with Crippen molar-refractivity contribution >= 4 is 0 Å². The molecule has 0 spiro atoms. The van der Waals surface area contributed by atoms with E-state index in [-0.39, 0.29) is 11.9 Å². The van der Waals surface area contributed by atoms with Gasteiger partial charge in [0.15, 0.2) is 0 Å². The molecular weight excluding hydrogens is 407 g/mol. The highest BCUT2D eigenvalue weighted by Gasteiger charge is 2.24. The van der Waals surface area contributed by atoms with Crippen LogP contribution >= 0.6 is 0 Å². The third-order valence-electron chi connectivity index (χ3n) is 5.35. The van der Waals surface area contributed by atoms with Crippen molar-refractivity contribution in [2.45, 2.75) is 51.6 Å². The minimum atomic E-state index is -0.770. The number of hydrogen-bond donors (Lipinski definition) is 1. The van der Waals surface area contributed by atoms with Crippen molar-refractivity contribution in [3.05, 3.63) is 95.3 Å². The molecule has 0 aliphatic rings. The largest absolute Gasteiger partial charge is 0.497 e. The zero-order valence-corrected chi connectivity index (χ0v) is 18.8. The van der Waals surface area contributed by atoms with Crippen LogP contribution in [-0.4, -0.2) is 30.5 Å². The summed E-state index contributed by atoms with van der Waals surface area (Å²) in [5.74, 6) is 1.20. The molecule has 170 valence electrons. The molecule has 0 amide bonds. The number of aryl methyl sites for hydroxylation is 1. The number of aliphatic hydroxyl groups is 1. The van der Waals surface area contributed by atoms with Gasteiger partial charge in [0.05, 0.1) is 25.9 Å². The van der Waals surface area contributed by atoms with E-state index in [4.69, 9.17) is 14.2 Å². The van der Waals surface area contributed by atoms with Gasteiger partial charge in [0.25, 0.3) is 0 Å². The van der Waals surface area contributed by atoms with Crippen LogP contribution in [0.5, 0.6) is 11.5 Å². The first-order valence-electron chi connectivity index (χ1n) is 10.8. The average molecular weight is 439 g/mol. The van der Waals surface area contributed by atoms with Gasteiger partial charge in [-0.2, -0.15) is 0 Å². The highest BCUT2D eigenvalue weighted by Crippen LogP contribution is 2.21. The van der Waals surface area contributed by atoms with Crippen molar-refractivity contribution in [3.63, 3.8) is 0 Å². The first-order valence-corrected chi connectivity index (χ1v) is 10.8. The van der Waals surface area contributed by atoms with Crippen LogP contribution in [0.25, 0.3) is 0 Å². The van der Waals surface area contributed by atoms with Gasteiger partial charge < -0.3 is 19.3 Å².